The summed E-state index contributed by atoms with van der Waals surface area (Å²) in [4.78, 5) is 14.8. The molecule has 0 N–H and O–H groups in total. The predicted octanol–water partition coefficient (Wildman–Crippen LogP) is 10.3. The van der Waals surface area contributed by atoms with Crippen molar-refractivity contribution in [2.75, 3.05) is 0 Å². The van der Waals surface area contributed by atoms with E-state index in [4.69, 9.17) is 15.0 Å². The van der Waals surface area contributed by atoms with E-state index in [0.29, 0.717) is 17.5 Å². The molecule has 1 heterocycles. The van der Waals surface area contributed by atoms with E-state index in [9.17, 15) is 0 Å². The van der Waals surface area contributed by atoms with Gasteiger partial charge in [-0.3, -0.25) is 0 Å². The number of aromatic nitrogens is 3. The zero-order valence-corrected chi connectivity index (χ0v) is 25.8. The van der Waals surface area contributed by atoms with Gasteiger partial charge >= 0.3 is 0 Å². The smallest absolute Gasteiger partial charge is 0.164 e. The molecule has 46 heavy (non-hydrogen) atoms. The number of hydrogen-bond donors (Lipinski definition) is 0. The van der Waals surface area contributed by atoms with E-state index in [0.717, 1.165) is 16.7 Å². The Labute approximate surface area is 269 Å². The van der Waals surface area contributed by atoms with Gasteiger partial charge in [-0.05, 0) is 62.2 Å². The van der Waals surface area contributed by atoms with Gasteiger partial charge in [-0.2, -0.15) is 0 Å². The number of nitrogens with zero attached hydrogens (tertiary/aromatic N) is 3. The minimum atomic E-state index is -0.0304. The Morgan fingerprint density at radius 3 is 1.57 bits per heavy atom. The van der Waals surface area contributed by atoms with Crippen LogP contribution in [0.5, 0.6) is 0 Å². The van der Waals surface area contributed by atoms with E-state index in [1.165, 1.54) is 50.1 Å². The van der Waals surface area contributed by atoms with Gasteiger partial charge in [0.05, 0.1) is 0 Å². The molecule has 0 saturated carbocycles. The first-order chi connectivity index (χ1) is 22.6. The van der Waals surface area contributed by atoms with Crippen LogP contribution in [0.2, 0.25) is 0 Å². The highest BCUT2D eigenvalue weighted by atomic mass is 15.0. The Morgan fingerprint density at radius 2 is 0.935 bits per heavy atom. The molecule has 218 valence electrons. The lowest BCUT2D eigenvalue weighted by Crippen LogP contribution is -2.15. The average Bonchev–Trinajstić information content (AvgIpc) is 3.56. The summed E-state index contributed by atoms with van der Waals surface area (Å²) in [5.41, 5.74) is 15.1. The average molecular weight is 590 g/mol. The summed E-state index contributed by atoms with van der Waals surface area (Å²) in [6.45, 7) is 4.71. The van der Waals surface area contributed by atoms with Crippen LogP contribution in [-0.2, 0) is 5.41 Å². The van der Waals surface area contributed by atoms with Gasteiger partial charge in [0.15, 0.2) is 17.5 Å². The zero-order valence-electron chi connectivity index (χ0n) is 25.8. The fourth-order valence-corrected chi connectivity index (χ4v) is 7.52. The van der Waals surface area contributed by atoms with Crippen LogP contribution in [0.1, 0.15) is 47.6 Å². The summed E-state index contributed by atoms with van der Waals surface area (Å²) in [5, 5.41) is 0. The minimum Gasteiger partial charge on any atom is -0.208 e. The van der Waals surface area contributed by atoms with Gasteiger partial charge < -0.3 is 0 Å². The standard InChI is InChI=1S/C43H31N3/c1-43(2)37-20-12-11-18-32(37)35-25-36-34(26-38(35)43)31-17-9-10-19-33(31)39(36)27-21-23-30(24-22-27)42-45-40(28-13-5-3-6-14-28)44-41(46-42)29-15-7-4-8-16-29/h3-26,39H,1-2H3. The minimum absolute atomic E-state index is 0.0304. The fraction of sp³-hybridized carbons (Fsp3) is 0.0930. The molecule has 0 spiro atoms. The van der Waals surface area contributed by atoms with E-state index >= 15 is 0 Å². The first-order valence-corrected chi connectivity index (χ1v) is 15.9. The van der Waals surface area contributed by atoms with Crippen LogP contribution in [0, 0.1) is 0 Å². The van der Waals surface area contributed by atoms with Gasteiger partial charge in [0, 0.05) is 28.0 Å². The van der Waals surface area contributed by atoms with Crippen LogP contribution < -0.4 is 0 Å². The highest BCUT2D eigenvalue weighted by molar-refractivity contribution is 5.89. The monoisotopic (exact) mass is 589 g/mol. The molecular formula is C43H31N3. The van der Waals surface area contributed by atoms with Gasteiger partial charge in [-0.15, -0.1) is 0 Å². The summed E-state index contributed by atoms with van der Waals surface area (Å²) < 4.78 is 0. The Hall–Kier alpha value is -5.67. The van der Waals surface area contributed by atoms with Gasteiger partial charge in [-0.25, -0.2) is 15.0 Å². The lowest BCUT2D eigenvalue weighted by Gasteiger charge is -2.22. The Bertz CT molecular complexity index is 2210. The van der Waals surface area contributed by atoms with Crippen molar-refractivity contribution in [3.8, 4) is 56.4 Å². The molecule has 6 aromatic carbocycles. The highest BCUT2D eigenvalue weighted by Crippen LogP contribution is 2.55. The second-order valence-electron chi connectivity index (χ2n) is 12.8. The van der Waals surface area contributed by atoms with E-state index < -0.39 is 0 Å². The second kappa shape index (κ2) is 10.2. The quantitative estimate of drug-likeness (QED) is 0.205. The molecule has 0 saturated heterocycles. The molecule has 0 radical (unpaired) electrons. The van der Waals surface area contributed by atoms with E-state index in [1.807, 2.05) is 60.7 Å². The van der Waals surface area contributed by atoms with E-state index in [1.54, 1.807) is 0 Å². The van der Waals surface area contributed by atoms with Gasteiger partial charge in [-0.1, -0.05) is 147 Å². The third-order valence-corrected chi connectivity index (χ3v) is 9.83. The molecule has 2 aliphatic carbocycles. The zero-order chi connectivity index (χ0) is 30.8. The van der Waals surface area contributed by atoms with Crippen LogP contribution in [0.15, 0.2) is 146 Å². The van der Waals surface area contributed by atoms with E-state index in [2.05, 4.69) is 98.8 Å². The molecule has 9 rings (SSSR count). The van der Waals surface area contributed by atoms with Crippen molar-refractivity contribution in [1.82, 2.24) is 15.0 Å². The summed E-state index contributed by atoms with van der Waals surface area (Å²) in [5.74, 6) is 2.16. The molecular weight excluding hydrogens is 558 g/mol. The van der Waals surface area contributed by atoms with Crippen molar-refractivity contribution in [1.29, 1.82) is 0 Å². The van der Waals surface area contributed by atoms with Crippen molar-refractivity contribution in [2.45, 2.75) is 25.2 Å². The SMILES string of the molecule is CC1(C)c2ccccc2-c2cc3c(cc21)-c1ccccc1C3c1ccc(-c2nc(-c3ccccc3)nc(-c3ccccc3)n2)cc1. The van der Waals surface area contributed by atoms with Gasteiger partial charge in [0.2, 0.25) is 0 Å². The largest absolute Gasteiger partial charge is 0.208 e. The third-order valence-electron chi connectivity index (χ3n) is 9.83. The van der Waals surface area contributed by atoms with Crippen LogP contribution in [-0.4, -0.2) is 15.0 Å². The highest BCUT2D eigenvalue weighted by Gasteiger charge is 2.39. The first-order valence-electron chi connectivity index (χ1n) is 15.9. The van der Waals surface area contributed by atoms with Crippen molar-refractivity contribution in [3.05, 3.63) is 173 Å². The maximum Gasteiger partial charge on any atom is 0.164 e. The molecule has 0 fully saturated rings. The Kier molecular flexibility index (Phi) is 5.91. The number of fused-ring (bicyclic) bond motifs is 6. The van der Waals surface area contributed by atoms with Crippen LogP contribution >= 0.6 is 0 Å². The van der Waals surface area contributed by atoms with Crippen molar-refractivity contribution < 1.29 is 0 Å². The Balaban J connectivity index is 1.16. The Morgan fingerprint density at radius 1 is 0.413 bits per heavy atom. The van der Waals surface area contributed by atoms with Crippen LogP contribution in [0.3, 0.4) is 0 Å². The molecule has 1 atom stereocenters. The molecule has 0 amide bonds. The number of rotatable bonds is 4. The van der Waals surface area contributed by atoms with Crippen molar-refractivity contribution in [2.24, 2.45) is 0 Å². The maximum atomic E-state index is 4.95. The van der Waals surface area contributed by atoms with Crippen LogP contribution in [0.4, 0.5) is 0 Å². The fourth-order valence-electron chi connectivity index (χ4n) is 7.52. The lowest BCUT2D eigenvalue weighted by atomic mass is 9.81. The molecule has 1 unspecified atom stereocenters. The molecule has 7 aromatic rings. The molecule has 1 aromatic heterocycles. The molecule has 0 bridgehead atoms. The molecule has 2 aliphatic rings. The maximum absolute atomic E-state index is 4.95. The van der Waals surface area contributed by atoms with E-state index in [-0.39, 0.29) is 11.3 Å². The summed E-state index contributed by atoms with van der Waals surface area (Å²) in [7, 11) is 0. The topological polar surface area (TPSA) is 38.7 Å². The number of hydrogen-bond acceptors (Lipinski definition) is 3. The molecule has 3 heteroatoms. The van der Waals surface area contributed by atoms with Crippen molar-refractivity contribution in [3.63, 3.8) is 0 Å². The summed E-state index contributed by atoms with van der Waals surface area (Å²) in [6, 6.07) is 51.9. The predicted molar refractivity (Wildman–Crippen MR) is 187 cm³/mol. The number of benzene rings is 6. The van der Waals surface area contributed by atoms with Crippen LogP contribution in [0.25, 0.3) is 56.4 Å². The van der Waals surface area contributed by atoms with Gasteiger partial charge in [0.1, 0.15) is 0 Å². The normalized spacial score (nSPS) is 15.1. The summed E-state index contributed by atoms with van der Waals surface area (Å²) in [6.07, 6.45) is 0. The van der Waals surface area contributed by atoms with Crippen molar-refractivity contribution >= 4 is 0 Å². The summed E-state index contributed by atoms with van der Waals surface area (Å²) >= 11 is 0. The third kappa shape index (κ3) is 4.09. The molecule has 3 nitrogen and oxygen atoms in total. The lowest BCUT2D eigenvalue weighted by molar-refractivity contribution is 0.660. The molecule has 0 aliphatic heterocycles. The van der Waals surface area contributed by atoms with Gasteiger partial charge in [0.25, 0.3) is 0 Å². The first kappa shape index (κ1) is 26.7. The second-order valence-corrected chi connectivity index (χ2v) is 12.8.